The maximum Gasteiger partial charge on any atom is 0.317 e. The summed E-state index contributed by atoms with van der Waals surface area (Å²) in [6.45, 7) is 1.93. The highest BCUT2D eigenvalue weighted by Gasteiger charge is 2.42. The molecule has 1 aliphatic carbocycles. The lowest BCUT2D eigenvalue weighted by Crippen LogP contribution is -2.34. The zero-order chi connectivity index (χ0) is 21.7. The van der Waals surface area contributed by atoms with E-state index >= 15 is 0 Å². The molecule has 0 fully saturated rings. The molecule has 0 saturated heterocycles. The molecule has 158 valence electrons. The zero-order valence-corrected chi connectivity index (χ0v) is 17.6. The van der Waals surface area contributed by atoms with Gasteiger partial charge in [-0.25, -0.2) is 0 Å². The average Bonchev–Trinajstić information content (AvgIpc) is 2.78. The summed E-state index contributed by atoms with van der Waals surface area (Å²) in [7, 11) is 4.72. The lowest BCUT2D eigenvalue weighted by atomic mass is 9.73. The van der Waals surface area contributed by atoms with E-state index in [9.17, 15) is 9.59 Å². The largest absolute Gasteiger partial charge is 0.497 e. The maximum atomic E-state index is 13.1. The monoisotopic (exact) mass is 410 g/mol. The van der Waals surface area contributed by atoms with E-state index in [1.807, 2.05) is 30.3 Å². The van der Waals surface area contributed by atoms with Crippen molar-refractivity contribution >= 4 is 17.3 Å². The molecule has 6 nitrogen and oxygen atoms in total. The van der Waals surface area contributed by atoms with Crippen molar-refractivity contribution in [2.75, 3.05) is 27.9 Å². The third kappa shape index (κ3) is 4.17. The molecule has 0 aliphatic heterocycles. The van der Waals surface area contributed by atoms with Gasteiger partial charge in [-0.2, -0.15) is 0 Å². The number of carbonyl (C=O) groups is 2. The van der Waals surface area contributed by atoms with Crippen molar-refractivity contribution < 1.29 is 28.5 Å². The molecule has 0 unspecified atom stereocenters. The molecule has 6 heteroatoms. The van der Waals surface area contributed by atoms with Gasteiger partial charge < -0.3 is 18.9 Å². The Kier molecular flexibility index (Phi) is 6.77. The molecule has 0 amide bonds. The summed E-state index contributed by atoms with van der Waals surface area (Å²) in [6.07, 6.45) is 2.00. The van der Waals surface area contributed by atoms with Crippen LogP contribution in [-0.4, -0.2) is 39.7 Å². The average molecular weight is 410 g/mol. The number of carbonyl (C=O) groups excluding carboxylic acids is 2. The maximum absolute atomic E-state index is 13.1. The van der Waals surface area contributed by atoms with Crippen LogP contribution in [0.5, 0.6) is 17.2 Å². The third-order valence-corrected chi connectivity index (χ3v) is 5.30. The Labute approximate surface area is 176 Å². The predicted molar refractivity (Wildman–Crippen MR) is 113 cm³/mol. The summed E-state index contributed by atoms with van der Waals surface area (Å²) in [5.74, 6) is -0.403. The number of benzene rings is 2. The number of ketones is 1. The van der Waals surface area contributed by atoms with Gasteiger partial charge in [-0.1, -0.05) is 18.2 Å². The highest BCUT2D eigenvalue weighted by atomic mass is 16.5. The first-order valence-corrected chi connectivity index (χ1v) is 9.80. The van der Waals surface area contributed by atoms with Crippen LogP contribution in [0.2, 0.25) is 0 Å². The molecule has 30 heavy (non-hydrogen) atoms. The van der Waals surface area contributed by atoms with Crippen LogP contribution in [0.3, 0.4) is 0 Å². The van der Waals surface area contributed by atoms with Crippen molar-refractivity contribution in [3.8, 4) is 17.2 Å². The fourth-order valence-electron chi connectivity index (χ4n) is 3.91. The van der Waals surface area contributed by atoms with Gasteiger partial charge in [-0.15, -0.1) is 0 Å². The van der Waals surface area contributed by atoms with Gasteiger partial charge in [0.2, 0.25) is 0 Å². The minimum Gasteiger partial charge on any atom is -0.497 e. The fraction of sp³-hybridized carbons (Fsp3) is 0.333. The van der Waals surface area contributed by atoms with Crippen LogP contribution < -0.4 is 14.2 Å². The number of esters is 1. The molecule has 0 saturated carbocycles. The second-order valence-corrected chi connectivity index (χ2v) is 6.92. The van der Waals surface area contributed by atoms with Gasteiger partial charge in [0.25, 0.3) is 0 Å². The van der Waals surface area contributed by atoms with E-state index in [1.54, 1.807) is 46.5 Å². The Morgan fingerprint density at radius 1 is 0.967 bits per heavy atom. The topological polar surface area (TPSA) is 71.1 Å². The molecule has 0 heterocycles. The van der Waals surface area contributed by atoms with E-state index in [2.05, 4.69) is 0 Å². The van der Waals surface area contributed by atoms with E-state index in [1.165, 1.54) is 0 Å². The second kappa shape index (κ2) is 9.48. The Bertz CT molecular complexity index is 922. The molecule has 0 bridgehead atoms. The highest BCUT2D eigenvalue weighted by Crippen LogP contribution is 2.47. The van der Waals surface area contributed by atoms with Crippen molar-refractivity contribution in [2.24, 2.45) is 5.92 Å². The standard InChI is InChI=1S/C24H26O6/c1-5-30-24(26)22-18(23-20(28-3)7-6-8-21(23)29-4)13-16(14-19(22)25)15-9-11-17(27-2)12-10-15/h6-12,14,18,22H,5,13H2,1-4H3/t18-,22+/m0/s1. The van der Waals surface area contributed by atoms with Crippen molar-refractivity contribution in [3.63, 3.8) is 0 Å². The van der Waals surface area contributed by atoms with E-state index in [-0.39, 0.29) is 12.4 Å². The first-order chi connectivity index (χ1) is 14.5. The summed E-state index contributed by atoms with van der Waals surface area (Å²) < 4.78 is 21.6. The number of hydrogen-bond acceptors (Lipinski definition) is 6. The number of ether oxygens (including phenoxy) is 4. The first kappa shape index (κ1) is 21.4. The summed E-state index contributed by atoms with van der Waals surface area (Å²) in [6, 6.07) is 12.9. The number of hydrogen-bond donors (Lipinski definition) is 0. The molecule has 2 atom stereocenters. The minimum atomic E-state index is -0.961. The van der Waals surface area contributed by atoms with Gasteiger partial charge in [-0.05, 0) is 54.8 Å². The van der Waals surface area contributed by atoms with E-state index in [0.717, 1.165) is 16.9 Å². The molecule has 3 rings (SSSR count). The van der Waals surface area contributed by atoms with Gasteiger partial charge >= 0.3 is 5.97 Å². The normalized spacial score (nSPS) is 18.4. The van der Waals surface area contributed by atoms with Crippen LogP contribution in [0.1, 0.15) is 30.4 Å². The molecule has 0 spiro atoms. The Morgan fingerprint density at radius 3 is 2.13 bits per heavy atom. The molecule has 0 radical (unpaired) electrons. The molecule has 0 N–H and O–H groups in total. The smallest absolute Gasteiger partial charge is 0.317 e. The van der Waals surface area contributed by atoms with Crippen molar-refractivity contribution in [2.45, 2.75) is 19.3 Å². The van der Waals surface area contributed by atoms with Gasteiger partial charge in [0.05, 0.1) is 27.9 Å². The molecule has 2 aromatic carbocycles. The second-order valence-electron chi connectivity index (χ2n) is 6.92. The van der Waals surface area contributed by atoms with E-state index < -0.39 is 17.8 Å². The van der Waals surface area contributed by atoms with Gasteiger partial charge in [0.1, 0.15) is 23.2 Å². The van der Waals surface area contributed by atoms with Crippen molar-refractivity contribution in [1.82, 2.24) is 0 Å². The summed E-state index contributed by atoms with van der Waals surface area (Å²) in [4.78, 5) is 25.9. The van der Waals surface area contributed by atoms with Crippen molar-refractivity contribution in [1.29, 1.82) is 0 Å². The van der Waals surface area contributed by atoms with Crippen LogP contribution in [0.15, 0.2) is 48.5 Å². The quantitative estimate of drug-likeness (QED) is 0.507. The minimum absolute atomic E-state index is 0.202. The van der Waals surface area contributed by atoms with Crippen molar-refractivity contribution in [3.05, 3.63) is 59.7 Å². The van der Waals surface area contributed by atoms with Crippen LogP contribution in [0, 0.1) is 5.92 Å². The highest BCUT2D eigenvalue weighted by molar-refractivity contribution is 6.10. The third-order valence-electron chi connectivity index (χ3n) is 5.30. The zero-order valence-electron chi connectivity index (χ0n) is 17.6. The molecule has 0 aromatic heterocycles. The molecular formula is C24H26O6. The van der Waals surface area contributed by atoms with Crippen LogP contribution in [-0.2, 0) is 14.3 Å². The van der Waals surface area contributed by atoms with Gasteiger partial charge in [0.15, 0.2) is 5.78 Å². The summed E-state index contributed by atoms with van der Waals surface area (Å²) >= 11 is 0. The lowest BCUT2D eigenvalue weighted by Gasteiger charge is -2.31. The predicted octanol–water partition coefficient (Wildman–Crippen LogP) is 4.03. The van der Waals surface area contributed by atoms with E-state index in [4.69, 9.17) is 18.9 Å². The Morgan fingerprint density at radius 2 is 1.60 bits per heavy atom. The summed E-state index contributed by atoms with van der Waals surface area (Å²) in [5.41, 5.74) is 2.42. The van der Waals surface area contributed by atoms with Crippen LogP contribution in [0.25, 0.3) is 5.57 Å². The number of allylic oxidation sites excluding steroid dienone is 2. The van der Waals surface area contributed by atoms with Crippen LogP contribution >= 0.6 is 0 Å². The number of rotatable bonds is 7. The number of methoxy groups -OCH3 is 3. The lowest BCUT2D eigenvalue weighted by molar-refractivity contribution is -0.151. The molecular weight excluding hydrogens is 384 g/mol. The fourth-order valence-corrected chi connectivity index (χ4v) is 3.91. The van der Waals surface area contributed by atoms with Gasteiger partial charge in [0, 0.05) is 11.5 Å². The van der Waals surface area contributed by atoms with Crippen LogP contribution in [0.4, 0.5) is 0 Å². The molecule has 2 aromatic rings. The Balaban J connectivity index is 2.11. The molecule has 1 aliphatic rings. The Hall–Kier alpha value is -3.28. The van der Waals surface area contributed by atoms with Gasteiger partial charge in [-0.3, -0.25) is 9.59 Å². The van der Waals surface area contributed by atoms with E-state index in [0.29, 0.717) is 23.5 Å². The SMILES string of the molecule is CCOC(=O)[C@H]1C(=O)C=C(c2ccc(OC)cc2)C[C@@H]1c1c(OC)cccc1OC. The summed E-state index contributed by atoms with van der Waals surface area (Å²) in [5, 5.41) is 0. The first-order valence-electron chi connectivity index (χ1n) is 9.80.